The van der Waals surface area contributed by atoms with E-state index in [1.54, 1.807) is 0 Å². The summed E-state index contributed by atoms with van der Waals surface area (Å²) in [5.74, 6) is 0. The van der Waals surface area contributed by atoms with Crippen LogP contribution in [0.1, 0.15) is 45.4 Å². The molecule has 1 saturated heterocycles. The van der Waals surface area contributed by atoms with Gasteiger partial charge < -0.3 is 9.47 Å². The number of hydrogen-bond donors (Lipinski definition) is 0. The molecular formula is C12H22O2. The first-order chi connectivity index (χ1) is 6.83. The van der Waals surface area contributed by atoms with E-state index in [2.05, 4.69) is 13.5 Å². The van der Waals surface area contributed by atoms with E-state index in [0.29, 0.717) is 6.10 Å². The Labute approximate surface area is 87.3 Å². The van der Waals surface area contributed by atoms with Crippen LogP contribution in [0.3, 0.4) is 0 Å². The lowest BCUT2D eigenvalue weighted by molar-refractivity contribution is -0.185. The highest BCUT2D eigenvalue weighted by molar-refractivity contribution is 4.67. The van der Waals surface area contributed by atoms with Crippen LogP contribution in [0.5, 0.6) is 0 Å². The monoisotopic (exact) mass is 198 g/mol. The molecule has 0 spiro atoms. The van der Waals surface area contributed by atoms with Gasteiger partial charge in [-0.25, -0.2) is 0 Å². The zero-order chi connectivity index (χ0) is 10.2. The Balaban J connectivity index is 2.05. The van der Waals surface area contributed by atoms with Gasteiger partial charge in [0.2, 0.25) is 0 Å². The molecule has 82 valence electrons. The minimum atomic E-state index is 0.0579. The van der Waals surface area contributed by atoms with Crippen LogP contribution in [-0.4, -0.2) is 19.0 Å². The number of ether oxygens (including phenoxy) is 2. The van der Waals surface area contributed by atoms with Crippen LogP contribution >= 0.6 is 0 Å². The first kappa shape index (κ1) is 11.7. The fraction of sp³-hybridized carbons (Fsp3) is 0.833. The van der Waals surface area contributed by atoms with Crippen molar-refractivity contribution in [1.82, 2.24) is 0 Å². The van der Waals surface area contributed by atoms with E-state index in [-0.39, 0.29) is 6.29 Å². The maximum atomic E-state index is 5.78. The maximum Gasteiger partial charge on any atom is 0.157 e. The van der Waals surface area contributed by atoms with Crippen molar-refractivity contribution in [2.75, 3.05) is 6.61 Å². The Bertz CT molecular complexity index is 150. The van der Waals surface area contributed by atoms with Crippen molar-refractivity contribution in [3.63, 3.8) is 0 Å². The Morgan fingerprint density at radius 1 is 1.57 bits per heavy atom. The summed E-state index contributed by atoms with van der Waals surface area (Å²) in [5, 5.41) is 0. The molecule has 2 heteroatoms. The Kier molecular flexibility index (Phi) is 5.88. The van der Waals surface area contributed by atoms with Crippen molar-refractivity contribution in [2.45, 2.75) is 57.8 Å². The van der Waals surface area contributed by atoms with Gasteiger partial charge in [0.05, 0.1) is 6.10 Å². The fourth-order valence-electron chi connectivity index (χ4n) is 1.70. The summed E-state index contributed by atoms with van der Waals surface area (Å²) in [4.78, 5) is 0. The van der Waals surface area contributed by atoms with E-state index in [0.717, 1.165) is 32.3 Å². The van der Waals surface area contributed by atoms with Gasteiger partial charge in [0, 0.05) is 6.61 Å². The molecule has 0 N–H and O–H groups in total. The van der Waals surface area contributed by atoms with Gasteiger partial charge in [0.25, 0.3) is 0 Å². The quantitative estimate of drug-likeness (QED) is 0.481. The predicted octanol–water partition coefficient (Wildman–Crippen LogP) is 3.27. The molecule has 14 heavy (non-hydrogen) atoms. The first-order valence-corrected chi connectivity index (χ1v) is 5.71. The number of hydrogen-bond acceptors (Lipinski definition) is 2. The van der Waals surface area contributed by atoms with Gasteiger partial charge in [0.1, 0.15) is 0 Å². The summed E-state index contributed by atoms with van der Waals surface area (Å²) >= 11 is 0. The van der Waals surface area contributed by atoms with E-state index in [1.165, 1.54) is 12.8 Å². The zero-order valence-electron chi connectivity index (χ0n) is 9.21. The normalized spacial score (nSPS) is 24.5. The van der Waals surface area contributed by atoms with Crippen molar-refractivity contribution in [3.8, 4) is 0 Å². The van der Waals surface area contributed by atoms with Gasteiger partial charge in [-0.3, -0.25) is 0 Å². The van der Waals surface area contributed by atoms with Crippen molar-refractivity contribution in [3.05, 3.63) is 12.7 Å². The summed E-state index contributed by atoms with van der Waals surface area (Å²) in [7, 11) is 0. The molecule has 1 rings (SSSR count). The highest BCUT2D eigenvalue weighted by atomic mass is 16.7. The van der Waals surface area contributed by atoms with Crippen LogP contribution in [0.4, 0.5) is 0 Å². The van der Waals surface area contributed by atoms with E-state index in [9.17, 15) is 0 Å². The predicted molar refractivity (Wildman–Crippen MR) is 58.2 cm³/mol. The Morgan fingerprint density at radius 2 is 2.43 bits per heavy atom. The third-order valence-electron chi connectivity index (χ3n) is 2.54. The average Bonchev–Trinajstić information content (AvgIpc) is 2.20. The average molecular weight is 198 g/mol. The minimum Gasteiger partial charge on any atom is -0.353 e. The van der Waals surface area contributed by atoms with Crippen molar-refractivity contribution < 1.29 is 9.47 Å². The molecule has 1 fully saturated rings. The van der Waals surface area contributed by atoms with E-state index in [1.807, 2.05) is 6.08 Å². The molecular weight excluding hydrogens is 176 g/mol. The van der Waals surface area contributed by atoms with Crippen LogP contribution in [0.25, 0.3) is 0 Å². The minimum absolute atomic E-state index is 0.0579. The molecule has 0 aromatic carbocycles. The van der Waals surface area contributed by atoms with Gasteiger partial charge in [0.15, 0.2) is 6.29 Å². The van der Waals surface area contributed by atoms with Crippen LogP contribution < -0.4 is 0 Å². The highest BCUT2D eigenvalue weighted by Gasteiger charge is 2.16. The van der Waals surface area contributed by atoms with Crippen molar-refractivity contribution >= 4 is 0 Å². The number of allylic oxidation sites excluding steroid dienone is 1. The molecule has 0 saturated carbocycles. The third-order valence-corrected chi connectivity index (χ3v) is 2.54. The van der Waals surface area contributed by atoms with E-state index < -0.39 is 0 Å². The molecule has 2 nitrogen and oxygen atoms in total. The molecule has 1 aliphatic rings. The molecule has 0 radical (unpaired) electrons. The molecule has 1 aliphatic heterocycles. The van der Waals surface area contributed by atoms with Gasteiger partial charge >= 0.3 is 0 Å². The molecule has 2 atom stereocenters. The standard InChI is InChI=1S/C12H22O2/c1-3-4-5-8-11(2)14-12-9-6-7-10-13-12/h3,11-12H,1,4-10H2,2H3/t11?,12-/m0/s1. The number of rotatable bonds is 6. The summed E-state index contributed by atoms with van der Waals surface area (Å²) in [5.41, 5.74) is 0. The van der Waals surface area contributed by atoms with Gasteiger partial charge in [-0.1, -0.05) is 6.08 Å². The summed E-state index contributed by atoms with van der Waals surface area (Å²) < 4.78 is 11.3. The largest absolute Gasteiger partial charge is 0.353 e. The van der Waals surface area contributed by atoms with E-state index >= 15 is 0 Å². The van der Waals surface area contributed by atoms with Crippen LogP contribution in [-0.2, 0) is 9.47 Å². The summed E-state index contributed by atoms with van der Waals surface area (Å²) in [6.45, 7) is 6.70. The van der Waals surface area contributed by atoms with Gasteiger partial charge in [-0.05, 0) is 45.4 Å². The van der Waals surface area contributed by atoms with Gasteiger partial charge in [-0.15, -0.1) is 6.58 Å². The molecule has 0 aromatic rings. The van der Waals surface area contributed by atoms with Crippen LogP contribution in [0.15, 0.2) is 12.7 Å². The molecule has 0 amide bonds. The molecule has 0 aromatic heterocycles. The van der Waals surface area contributed by atoms with Crippen LogP contribution in [0.2, 0.25) is 0 Å². The number of unbranched alkanes of at least 4 members (excludes halogenated alkanes) is 1. The SMILES string of the molecule is C=CCCCC(C)O[C@H]1CCCCO1. The van der Waals surface area contributed by atoms with Crippen molar-refractivity contribution in [2.24, 2.45) is 0 Å². The van der Waals surface area contributed by atoms with E-state index in [4.69, 9.17) is 9.47 Å². The molecule has 1 unspecified atom stereocenters. The Morgan fingerprint density at radius 3 is 3.07 bits per heavy atom. The summed E-state index contributed by atoms with van der Waals surface area (Å²) in [6.07, 6.45) is 9.17. The smallest absolute Gasteiger partial charge is 0.157 e. The molecule has 0 bridgehead atoms. The second kappa shape index (κ2) is 7.02. The van der Waals surface area contributed by atoms with Crippen LogP contribution in [0, 0.1) is 0 Å². The fourth-order valence-corrected chi connectivity index (χ4v) is 1.70. The lowest BCUT2D eigenvalue weighted by Crippen LogP contribution is -2.26. The molecule has 1 heterocycles. The Hall–Kier alpha value is -0.340. The molecule has 0 aliphatic carbocycles. The highest BCUT2D eigenvalue weighted by Crippen LogP contribution is 2.17. The third kappa shape index (κ3) is 4.77. The lowest BCUT2D eigenvalue weighted by Gasteiger charge is -2.25. The van der Waals surface area contributed by atoms with Gasteiger partial charge in [-0.2, -0.15) is 0 Å². The summed E-state index contributed by atoms with van der Waals surface area (Å²) in [6, 6.07) is 0. The topological polar surface area (TPSA) is 18.5 Å². The van der Waals surface area contributed by atoms with Crippen molar-refractivity contribution in [1.29, 1.82) is 0 Å². The second-order valence-electron chi connectivity index (χ2n) is 3.96. The zero-order valence-corrected chi connectivity index (χ0v) is 9.21. The first-order valence-electron chi connectivity index (χ1n) is 5.71. The second-order valence-corrected chi connectivity index (χ2v) is 3.96. The lowest BCUT2D eigenvalue weighted by atomic mass is 10.1. The maximum absolute atomic E-state index is 5.78.